The van der Waals surface area contributed by atoms with E-state index >= 15 is 0 Å². The average Bonchev–Trinajstić information content (AvgIpc) is 2.35. The summed E-state index contributed by atoms with van der Waals surface area (Å²) in [6.07, 6.45) is -0.670. The number of carboxylic acids is 1. The van der Waals surface area contributed by atoms with Gasteiger partial charge in [-0.05, 0) is 50.9 Å². The molecule has 0 radical (unpaired) electrons. The van der Waals surface area contributed by atoms with Crippen LogP contribution in [0.2, 0.25) is 0 Å². The highest BCUT2D eigenvalue weighted by Gasteiger charge is 2.25. The Morgan fingerprint density at radius 1 is 1.23 bits per heavy atom. The molecule has 0 aliphatic heterocycles. The highest BCUT2D eigenvalue weighted by Crippen LogP contribution is 2.23. The van der Waals surface area contributed by atoms with Crippen molar-refractivity contribution in [1.82, 2.24) is 0 Å². The highest BCUT2D eigenvalue weighted by atomic mass is 16.6. The summed E-state index contributed by atoms with van der Waals surface area (Å²) in [4.78, 5) is 24.5. The van der Waals surface area contributed by atoms with Crippen molar-refractivity contribution in [2.24, 2.45) is 0 Å². The summed E-state index contributed by atoms with van der Waals surface area (Å²) in [5.74, 6) is -1.22. The third-order valence-electron chi connectivity index (χ3n) is 2.96. The summed E-state index contributed by atoms with van der Waals surface area (Å²) in [6.45, 7) is 6.67. The van der Waals surface area contributed by atoms with Crippen LogP contribution in [0.4, 0.5) is 10.5 Å². The molecule has 0 aliphatic carbocycles. The van der Waals surface area contributed by atoms with Crippen LogP contribution in [0.15, 0.2) is 12.1 Å². The first-order valence-electron chi connectivity index (χ1n) is 6.64. The molecule has 0 fully saturated rings. The maximum atomic E-state index is 12.1. The molecule has 120 valence electrons. The molecule has 0 aromatic heterocycles. The van der Waals surface area contributed by atoms with E-state index in [1.54, 1.807) is 20.8 Å². The van der Waals surface area contributed by atoms with Crippen molar-refractivity contribution in [3.05, 3.63) is 23.3 Å². The number of aromatic carboxylic acids is 1. The Hall–Kier alpha value is -2.06. The molecular formula is C14H20BNO6. The Bertz CT molecular complexity index is 594. The number of ether oxygens (including phenoxy) is 1. The zero-order chi connectivity index (χ0) is 17.2. The quantitative estimate of drug-likeness (QED) is 0.711. The van der Waals surface area contributed by atoms with E-state index in [2.05, 4.69) is 0 Å². The van der Waals surface area contributed by atoms with Crippen molar-refractivity contribution in [2.45, 2.75) is 33.3 Å². The molecule has 1 aromatic rings. The number of benzene rings is 1. The summed E-state index contributed by atoms with van der Waals surface area (Å²) in [7, 11) is -0.417. The summed E-state index contributed by atoms with van der Waals surface area (Å²) < 4.78 is 5.22. The maximum Gasteiger partial charge on any atom is 0.488 e. The van der Waals surface area contributed by atoms with Gasteiger partial charge in [0.1, 0.15) is 5.60 Å². The average molecular weight is 309 g/mol. The lowest BCUT2D eigenvalue weighted by Crippen LogP contribution is -2.37. The standard InChI is InChI=1S/C14H20BNO6/c1-8-10(12(17)18)6-9(15(20)21)7-11(8)16(5)13(19)22-14(2,3)4/h6-7,20-21H,1-5H3,(H,17,18). The molecule has 0 unspecified atom stereocenters. The third kappa shape index (κ3) is 4.22. The van der Waals surface area contributed by atoms with E-state index in [0.29, 0.717) is 5.56 Å². The SMILES string of the molecule is Cc1c(C(=O)O)cc(B(O)O)cc1N(C)C(=O)OC(C)(C)C. The largest absolute Gasteiger partial charge is 0.488 e. The molecule has 1 aromatic carbocycles. The second-order valence-corrected chi connectivity index (χ2v) is 5.93. The van der Waals surface area contributed by atoms with Crippen LogP contribution in [-0.2, 0) is 4.74 Å². The Labute approximate surface area is 129 Å². The lowest BCUT2D eigenvalue weighted by atomic mass is 9.78. The summed E-state index contributed by atoms with van der Waals surface area (Å²) in [6, 6.07) is 2.51. The third-order valence-corrected chi connectivity index (χ3v) is 2.96. The van der Waals surface area contributed by atoms with Crippen molar-refractivity contribution in [3.8, 4) is 0 Å². The van der Waals surface area contributed by atoms with Crippen molar-refractivity contribution in [2.75, 3.05) is 11.9 Å². The van der Waals surface area contributed by atoms with E-state index in [-0.39, 0.29) is 16.7 Å². The molecule has 0 saturated carbocycles. The van der Waals surface area contributed by atoms with Gasteiger partial charge < -0.3 is 19.9 Å². The second-order valence-electron chi connectivity index (χ2n) is 5.93. The van der Waals surface area contributed by atoms with Gasteiger partial charge in [-0.15, -0.1) is 0 Å². The van der Waals surface area contributed by atoms with E-state index in [1.165, 1.54) is 20.0 Å². The van der Waals surface area contributed by atoms with Crippen LogP contribution in [0.3, 0.4) is 0 Å². The molecule has 7 nitrogen and oxygen atoms in total. The van der Waals surface area contributed by atoms with Crippen molar-refractivity contribution in [3.63, 3.8) is 0 Å². The number of carboxylic acid groups (broad SMARTS) is 1. The van der Waals surface area contributed by atoms with Crippen LogP contribution in [0.25, 0.3) is 0 Å². The Morgan fingerprint density at radius 3 is 2.18 bits per heavy atom. The van der Waals surface area contributed by atoms with E-state index in [0.717, 1.165) is 11.0 Å². The number of hydrogen-bond donors (Lipinski definition) is 3. The van der Waals surface area contributed by atoms with Gasteiger partial charge in [-0.3, -0.25) is 4.90 Å². The molecule has 1 amide bonds. The molecule has 0 aliphatic rings. The predicted molar refractivity (Wildman–Crippen MR) is 82.6 cm³/mol. The van der Waals surface area contributed by atoms with Gasteiger partial charge in [0.25, 0.3) is 0 Å². The van der Waals surface area contributed by atoms with Crippen LogP contribution in [0.5, 0.6) is 0 Å². The van der Waals surface area contributed by atoms with E-state index in [4.69, 9.17) is 4.74 Å². The van der Waals surface area contributed by atoms with Crippen LogP contribution in [0.1, 0.15) is 36.7 Å². The number of carbonyl (C=O) groups is 2. The molecule has 0 atom stereocenters. The maximum absolute atomic E-state index is 12.1. The monoisotopic (exact) mass is 309 g/mol. The number of anilines is 1. The lowest BCUT2D eigenvalue weighted by molar-refractivity contribution is 0.0587. The Kier molecular flexibility index (Phi) is 5.21. The molecule has 1 rings (SSSR count). The number of nitrogens with zero attached hydrogens (tertiary/aromatic N) is 1. The normalized spacial score (nSPS) is 11.0. The fourth-order valence-electron chi connectivity index (χ4n) is 1.87. The van der Waals surface area contributed by atoms with E-state index in [1.807, 2.05) is 0 Å². The van der Waals surface area contributed by atoms with Crippen molar-refractivity contribution in [1.29, 1.82) is 0 Å². The summed E-state index contributed by atoms with van der Waals surface area (Å²) in [5, 5.41) is 27.8. The molecule has 0 spiro atoms. The first kappa shape index (κ1) is 18.0. The summed E-state index contributed by atoms with van der Waals surface area (Å²) >= 11 is 0. The fourth-order valence-corrected chi connectivity index (χ4v) is 1.87. The molecule has 8 heteroatoms. The Morgan fingerprint density at radius 2 is 1.77 bits per heavy atom. The first-order valence-corrected chi connectivity index (χ1v) is 6.64. The molecule has 0 heterocycles. The zero-order valence-electron chi connectivity index (χ0n) is 13.2. The fraction of sp³-hybridized carbons (Fsp3) is 0.429. The summed E-state index contributed by atoms with van der Waals surface area (Å²) in [5.41, 5.74) is -0.282. The van der Waals surface area contributed by atoms with E-state index < -0.39 is 24.8 Å². The number of carbonyl (C=O) groups excluding carboxylic acids is 1. The first-order chi connectivity index (χ1) is 9.94. The number of amides is 1. The van der Waals surface area contributed by atoms with Gasteiger partial charge in [-0.25, -0.2) is 9.59 Å². The molecule has 3 N–H and O–H groups in total. The Balaban J connectivity index is 3.33. The van der Waals surface area contributed by atoms with Crippen LogP contribution in [0, 0.1) is 6.92 Å². The smallest absolute Gasteiger partial charge is 0.478 e. The van der Waals surface area contributed by atoms with Crippen LogP contribution in [-0.4, -0.2) is 47.0 Å². The highest BCUT2D eigenvalue weighted by molar-refractivity contribution is 6.59. The van der Waals surface area contributed by atoms with Crippen molar-refractivity contribution >= 4 is 30.3 Å². The minimum absolute atomic E-state index is 0.0200. The van der Waals surface area contributed by atoms with Gasteiger partial charge >= 0.3 is 19.2 Å². The molecule has 0 bridgehead atoms. The van der Waals surface area contributed by atoms with Crippen LogP contribution >= 0.6 is 0 Å². The van der Waals surface area contributed by atoms with Gasteiger partial charge in [-0.2, -0.15) is 0 Å². The van der Waals surface area contributed by atoms with E-state index in [9.17, 15) is 24.7 Å². The molecule has 0 saturated heterocycles. The number of rotatable bonds is 3. The van der Waals surface area contributed by atoms with Gasteiger partial charge in [0.05, 0.1) is 11.3 Å². The molecule has 22 heavy (non-hydrogen) atoms. The molecular weight excluding hydrogens is 289 g/mol. The minimum Gasteiger partial charge on any atom is -0.478 e. The number of hydrogen-bond acceptors (Lipinski definition) is 5. The van der Waals surface area contributed by atoms with Crippen molar-refractivity contribution < 1.29 is 29.5 Å². The van der Waals surface area contributed by atoms with Gasteiger partial charge in [0.15, 0.2) is 0 Å². The van der Waals surface area contributed by atoms with Crippen LogP contribution < -0.4 is 10.4 Å². The minimum atomic E-state index is -1.84. The lowest BCUT2D eigenvalue weighted by Gasteiger charge is -2.26. The topological polar surface area (TPSA) is 107 Å². The predicted octanol–water partition coefficient (Wildman–Crippen LogP) is 0.744. The van der Waals surface area contributed by atoms with Gasteiger partial charge in [0, 0.05) is 7.05 Å². The van der Waals surface area contributed by atoms with Gasteiger partial charge in [0.2, 0.25) is 0 Å². The second kappa shape index (κ2) is 6.37. The zero-order valence-corrected chi connectivity index (χ0v) is 13.2. The van der Waals surface area contributed by atoms with Gasteiger partial charge in [-0.1, -0.05) is 0 Å².